The highest BCUT2D eigenvalue weighted by Crippen LogP contribution is 2.15. The van der Waals surface area contributed by atoms with Crippen LogP contribution in [0.2, 0.25) is 0 Å². The molecule has 1 atom stereocenters. The molecule has 0 aliphatic carbocycles. The smallest absolute Gasteiger partial charge is 0.306 e. The molecule has 0 N–H and O–H groups in total. The average Bonchev–Trinajstić information content (AvgIpc) is 3.38. The van der Waals surface area contributed by atoms with Crippen LogP contribution in [-0.4, -0.2) is 37.2 Å². The molecule has 0 aromatic carbocycles. The summed E-state index contributed by atoms with van der Waals surface area (Å²) >= 11 is 0. The molecule has 1 unspecified atom stereocenters. The first-order valence-electron chi connectivity index (χ1n) is 29.5. The lowest BCUT2D eigenvalue weighted by Gasteiger charge is -2.18. The number of hydrogen-bond acceptors (Lipinski definition) is 6. The molecule has 0 aromatic heterocycles. The van der Waals surface area contributed by atoms with Crippen molar-refractivity contribution in [1.82, 2.24) is 0 Å². The number of carbonyl (C=O) groups is 3. The topological polar surface area (TPSA) is 78.9 Å². The van der Waals surface area contributed by atoms with Gasteiger partial charge in [-0.15, -0.1) is 0 Å². The lowest BCUT2D eigenvalue weighted by atomic mass is 10.1. The van der Waals surface area contributed by atoms with Crippen molar-refractivity contribution in [2.45, 2.75) is 264 Å². The minimum absolute atomic E-state index is 0.0942. The van der Waals surface area contributed by atoms with Crippen LogP contribution in [0.5, 0.6) is 0 Å². The van der Waals surface area contributed by atoms with Crippen LogP contribution in [0, 0.1) is 0 Å². The zero-order valence-corrected chi connectivity index (χ0v) is 46.7. The Morgan fingerprint density at radius 3 is 0.861 bits per heavy atom. The van der Waals surface area contributed by atoms with Crippen molar-refractivity contribution < 1.29 is 28.6 Å². The van der Waals surface area contributed by atoms with Gasteiger partial charge in [-0.1, -0.05) is 251 Å². The van der Waals surface area contributed by atoms with E-state index in [1.807, 2.05) is 0 Å². The Labute approximate surface area is 443 Å². The molecule has 0 aromatic rings. The molecule has 6 nitrogen and oxygen atoms in total. The van der Waals surface area contributed by atoms with E-state index in [0.29, 0.717) is 12.8 Å². The van der Waals surface area contributed by atoms with Crippen LogP contribution in [0.25, 0.3) is 0 Å². The second kappa shape index (κ2) is 59.4. The maximum atomic E-state index is 12.8. The van der Waals surface area contributed by atoms with E-state index in [0.717, 1.165) is 135 Å². The van der Waals surface area contributed by atoms with Crippen LogP contribution in [-0.2, 0) is 28.6 Å². The molecule has 0 rings (SSSR count). The number of ether oxygens (including phenoxy) is 3. The summed E-state index contributed by atoms with van der Waals surface area (Å²) in [5, 5.41) is 0. The molecule has 0 aliphatic rings. The van der Waals surface area contributed by atoms with Gasteiger partial charge in [0.05, 0.1) is 0 Å². The number of hydrogen-bond donors (Lipinski definition) is 0. The third-order valence-electron chi connectivity index (χ3n) is 12.2. The van der Waals surface area contributed by atoms with Gasteiger partial charge in [-0.2, -0.15) is 0 Å². The van der Waals surface area contributed by atoms with Crippen molar-refractivity contribution in [3.8, 4) is 0 Å². The predicted molar refractivity (Wildman–Crippen MR) is 311 cm³/mol. The first kappa shape index (κ1) is 67.8. The van der Waals surface area contributed by atoms with Gasteiger partial charge in [0.15, 0.2) is 6.10 Å². The number of carbonyl (C=O) groups excluding carboxylic acids is 3. The van der Waals surface area contributed by atoms with Crippen molar-refractivity contribution in [3.63, 3.8) is 0 Å². The highest BCUT2D eigenvalue weighted by Gasteiger charge is 2.19. The minimum Gasteiger partial charge on any atom is -0.462 e. The summed E-state index contributed by atoms with van der Waals surface area (Å²) in [5.74, 6) is -0.935. The van der Waals surface area contributed by atoms with Crippen LogP contribution in [0.15, 0.2) is 122 Å². The molecule has 72 heavy (non-hydrogen) atoms. The molecule has 408 valence electrons. The Balaban J connectivity index is 4.36. The van der Waals surface area contributed by atoms with Gasteiger partial charge in [0.1, 0.15) is 13.2 Å². The van der Waals surface area contributed by atoms with Crippen molar-refractivity contribution in [2.75, 3.05) is 13.2 Å². The Kier molecular flexibility index (Phi) is 55.9. The van der Waals surface area contributed by atoms with Gasteiger partial charge < -0.3 is 14.2 Å². The molecule has 0 heterocycles. The fraction of sp³-hybridized carbons (Fsp3) is 0.652. The van der Waals surface area contributed by atoms with Crippen molar-refractivity contribution in [2.24, 2.45) is 0 Å². The molecule has 0 saturated carbocycles. The third-order valence-corrected chi connectivity index (χ3v) is 12.2. The van der Waals surface area contributed by atoms with Crippen LogP contribution < -0.4 is 0 Å². The number of esters is 3. The summed E-state index contributed by atoms with van der Waals surface area (Å²) in [4.78, 5) is 38.1. The number of unbranched alkanes of at least 4 members (excludes halogenated alkanes) is 21. The van der Waals surface area contributed by atoms with Gasteiger partial charge in [-0.25, -0.2) is 0 Å². The zero-order chi connectivity index (χ0) is 52.2. The Bertz CT molecular complexity index is 1520. The summed E-state index contributed by atoms with van der Waals surface area (Å²) in [5.41, 5.74) is 0. The summed E-state index contributed by atoms with van der Waals surface area (Å²) in [7, 11) is 0. The lowest BCUT2D eigenvalue weighted by molar-refractivity contribution is -0.167. The van der Waals surface area contributed by atoms with Gasteiger partial charge in [0.2, 0.25) is 0 Å². The molecule has 0 spiro atoms. The molecule has 0 fully saturated rings. The van der Waals surface area contributed by atoms with Crippen molar-refractivity contribution >= 4 is 17.9 Å². The molecule has 0 aliphatic heterocycles. The molecule has 0 radical (unpaired) electrons. The van der Waals surface area contributed by atoms with E-state index in [-0.39, 0.29) is 37.5 Å². The SMILES string of the molecule is CC/C=C\C/C=C\C/C=C\C/C=C\C/C=C\CCCCCCCCCCCC(=O)OCC(COC(=O)CCCCCCCCCCCC)OC(=O)CCCCC/C=C\C/C=C\C/C=C\C/C=C\C/C=C\CC. The first-order valence-corrected chi connectivity index (χ1v) is 29.5. The standard InChI is InChI=1S/C66H108O6/c1-4-7-10-13-16-19-22-24-26-28-30-31-32-33-34-35-37-38-40-42-44-47-50-53-56-59-65(68)71-62-63(61-70-64(67)58-55-52-49-46-21-18-15-12-9-6-3)72-66(69)60-57-54-51-48-45-43-41-39-36-29-27-25-23-20-17-14-11-8-5-2/h7-8,10-11,16-17,19-20,24-27,30-31,33-34,36,39,43,45,63H,4-6,9,12-15,18,21-23,28-29,32,35,37-38,40-42,44,46-62H2,1-3H3/b10-7-,11-8-,19-16-,20-17-,26-24-,27-25-,31-30-,34-33-,39-36-,45-43-. The maximum Gasteiger partial charge on any atom is 0.306 e. The summed E-state index contributed by atoms with van der Waals surface area (Å²) in [6.45, 7) is 6.37. The Morgan fingerprint density at radius 2 is 0.542 bits per heavy atom. The number of allylic oxidation sites excluding steroid dienone is 20. The fourth-order valence-corrected chi connectivity index (χ4v) is 7.85. The van der Waals surface area contributed by atoms with Gasteiger partial charge in [-0.3, -0.25) is 14.4 Å². The monoisotopic (exact) mass is 997 g/mol. The van der Waals surface area contributed by atoms with E-state index in [9.17, 15) is 14.4 Å². The summed E-state index contributed by atoms with van der Waals surface area (Å²) in [6, 6.07) is 0. The molecule has 0 amide bonds. The van der Waals surface area contributed by atoms with Crippen LogP contribution in [0.3, 0.4) is 0 Å². The normalized spacial score (nSPS) is 13.0. The van der Waals surface area contributed by atoms with Crippen LogP contribution in [0.1, 0.15) is 258 Å². The third kappa shape index (κ3) is 56.7. The van der Waals surface area contributed by atoms with E-state index in [1.54, 1.807) is 0 Å². The van der Waals surface area contributed by atoms with Gasteiger partial charge >= 0.3 is 17.9 Å². The second-order valence-corrected chi connectivity index (χ2v) is 19.1. The van der Waals surface area contributed by atoms with Crippen LogP contribution >= 0.6 is 0 Å². The van der Waals surface area contributed by atoms with E-state index in [4.69, 9.17) is 14.2 Å². The second-order valence-electron chi connectivity index (χ2n) is 19.1. The lowest BCUT2D eigenvalue weighted by Crippen LogP contribution is -2.30. The zero-order valence-electron chi connectivity index (χ0n) is 46.7. The highest BCUT2D eigenvalue weighted by molar-refractivity contribution is 5.71. The number of rotatable bonds is 52. The van der Waals surface area contributed by atoms with E-state index < -0.39 is 6.10 Å². The Hall–Kier alpha value is -4.19. The van der Waals surface area contributed by atoms with E-state index in [1.165, 1.54) is 83.5 Å². The Morgan fingerprint density at radius 1 is 0.292 bits per heavy atom. The van der Waals surface area contributed by atoms with E-state index in [2.05, 4.69) is 142 Å². The summed E-state index contributed by atoms with van der Waals surface area (Å²) < 4.78 is 16.8. The van der Waals surface area contributed by atoms with Gasteiger partial charge in [0.25, 0.3) is 0 Å². The quantitative estimate of drug-likeness (QED) is 0.0261. The molecule has 0 bridgehead atoms. The molecule has 6 heteroatoms. The summed E-state index contributed by atoms with van der Waals surface area (Å²) in [6.07, 6.45) is 81.9. The minimum atomic E-state index is -0.800. The van der Waals surface area contributed by atoms with Gasteiger partial charge in [0, 0.05) is 19.3 Å². The fourth-order valence-electron chi connectivity index (χ4n) is 7.85. The van der Waals surface area contributed by atoms with Crippen LogP contribution in [0.4, 0.5) is 0 Å². The highest BCUT2D eigenvalue weighted by atomic mass is 16.6. The molecule has 0 saturated heterocycles. The van der Waals surface area contributed by atoms with E-state index >= 15 is 0 Å². The predicted octanol–water partition coefficient (Wildman–Crippen LogP) is 20.0. The average molecular weight is 998 g/mol. The first-order chi connectivity index (χ1) is 35.5. The van der Waals surface area contributed by atoms with Gasteiger partial charge in [-0.05, 0) is 109 Å². The van der Waals surface area contributed by atoms with Crippen molar-refractivity contribution in [3.05, 3.63) is 122 Å². The van der Waals surface area contributed by atoms with Crippen molar-refractivity contribution in [1.29, 1.82) is 0 Å². The largest absolute Gasteiger partial charge is 0.462 e. The maximum absolute atomic E-state index is 12.8. The molecular formula is C66H108O6. The molecular weight excluding hydrogens is 889 g/mol.